The van der Waals surface area contributed by atoms with E-state index in [1.165, 1.54) is 283 Å². The van der Waals surface area contributed by atoms with Gasteiger partial charge in [-0.2, -0.15) is 0 Å². The molecular formula is C64H123NO4. The molecule has 0 aromatic rings. The minimum atomic E-state index is -0.929. The Morgan fingerprint density at radius 3 is 0.957 bits per heavy atom. The van der Waals surface area contributed by atoms with Crippen LogP contribution in [0.5, 0.6) is 0 Å². The molecule has 0 bridgehead atoms. The van der Waals surface area contributed by atoms with Crippen molar-refractivity contribution in [3.63, 3.8) is 0 Å². The predicted octanol–water partition coefficient (Wildman–Crippen LogP) is 19.8. The number of aliphatic hydroxyl groups is 3. The third kappa shape index (κ3) is 55.7. The van der Waals surface area contributed by atoms with Crippen molar-refractivity contribution in [1.29, 1.82) is 0 Å². The fraction of sp³-hybridized carbons (Fsp3) is 0.891. The Morgan fingerprint density at radius 2 is 0.652 bits per heavy atom. The maximum absolute atomic E-state index is 12.5. The van der Waals surface area contributed by atoms with Crippen LogP contribution in [0.25, 0.3) is 0 Å². The Balaban J connectivity index is 3.51. The van der Waals surface area contributed by atoms with Crippen molar-refractivity contribution in [2.24, 2.45) is 0 Å². The highest BCUT2D eigenvalue weighted by molar-refractivity contribution is 5.76. The second-order valence-electron chi connectivity index (χ2n) is 21.7. The van der Waals surface area contributed by atoms with E-state index >= 15 is 0 Å². The fourth-order valence-corrected chi connectivity index (χ4v) is 9.90. The Bertz CT molecular complexity index is 1070. The van der Waals surface area contributed by atoms with Crippen molar-refractivity contribution in [3.8, 4) is 0 Å². The first-order chi connectivity index (χ1) is 34.0. The summed E-state index contributed by atoms with van der Waals surface area (Å²) in [5.41, 5.74) is 0. The van der Waals surface area contributed by atoms with Crippen molar-refractivity contribution in [1.82, 2.24) is 5.32 Å². The van der Waals surface area contributed by atoms with E-state index in [0.717, 1.165) is 32.1 Å². The summed E-state index contributed by atoms with van der Waals surface area (Å²) >= 11 is 0. The van der Waals surface area contributed by atoms with E-state index in [-0.39, 0.29) is 18.9 Å². The number of amides is 1. The first-order valence-electron chi connectivity index (χ1n) is 31.3. The Morgan fingerprint density at radius 1 is 0.377 bits per heavy atom. The van der Waals surface area contributed by atoms with Crippen LogP contribution in [0.3, 0.4) is 0 Å². The van der Waals surface area contributed by atoms with Crippen LogP contribution in [-0.2, 0) is 4.79 Å². The summed E-state index contributed by atoms with van der Waals surface area (Å²) in [6.07, 6.45) is 77.9. The lowest BCUT2D eigenvalue weighted by Crippen LogP contribution is -2.45. The maximum atomic E-state index is 12.5. The molecule has 0 aliphatic heterocycles. The van der Waals surface area contributed by atoms with Gasteiger partial charge in [-0.3, -0.25) is 4.79 Å². The number of aliphatic hydroxyl groups excluding tert-OH is 3. The van der Waals surface area contributed by atoms with Gasteiger partial charge < -0.3 is 20.6 Å². The monoisotopic (exact) mass is 970 g/mol. The Labute approximate surface area is 432 Å². The van der Waals surface area contributed by atoms with Gasteiger partial charge in [-0.25, -0.2) is 0 Å². The van der Waals surface area contributed by atoms with E-state index in [9.17, 15) is 20.1 Å². The standard InChI is InChI=1S/C64H123NO4/c1-3-5-7-9-11-13-15-17-19-21-23-24-25-26-27-28-29-30-31-32-33-34-35-36-37-38-40-41-43-45-47-49-51-53-55-57-61(67)59-64(69)65-62(60-66)63(68)58-56-54-52-50-48-46-44-42-39-22-20-18-16-14-12-10-8-6-4-2/h27-28,30-31,56,58,61-63,66-68H,3-26,29,32-55,57,59-60H2,1-2H3,(H,65,69)/b28-27-,31-30-,58-56+. The van der Waals surface area contributed by atoms with Crippen LogP contribution in [0.2, 0.25) is 0 Å². The van der Waals surface area contributed by atoms with Crippen molar-refractivity contribution >= 4 is 5.91 Å². The number of carbonyl (C=O) groups is 1. The van der Waals surface area contributed by atoms with Crippen molar-refractivity contribution in [3.05, 3.63) is 36.5 Å². The maximum Gasteiger partial charge on any atom is 0.222 e. The zero-order valence-corrected chi connectivity index (χ0v) is 46.7. The van der Waals surface area contributed by atoms with Gasteiger partial charge in [-0.15, -0.1) is 0 Å². The van der Waals surface area contributed by atoms with Gasteiger partial charge in [0, 0.05) is 0 Å². The lowest BCUT2D eigenvalue weighted by Gasteiger charge is -2.21. The quantitative estimate of drug-likeness (QED) is 0.0361. The van der Waals surface area contributed by atoms with Crippen LogP contribution in [0, 0.1) is 0 Å². The zero-order valence-electron chi connectivity index (χ0n) is 46.7. The Kier molecular flexibility index (Phi) is 57.9. The lowest BCUT2D eigenvalue weighted by atomic mass is 10.0. The molecule has 0 aromatic heterocycles. The lowest BCUT2D eigenvalue weighted by molar-refractivity contribution is -0.124. The summed E-state index contributed by atoms with van der Waals surface area (Å²) in [4.78, 5) is 12.5. The molecule has 0 aliphatic rings. The fourth-order valence-electron chi connectivity index (χ4n) is 9.90. The molecule has 5 heteroatoms. The summed E-state index contributed by atoms with van der Waals surface area (Å²) in [5.74, 6) is -0.311. The minimum Gasteiger partial charge on any atom is -0.394 e. The molecule has 0 aromatic carbocycles. The first-order valence-corrected chi connectivity index (χ1v) is 31.3. The molecule has 0 rings (SSSR count). The summed E-state index contributed by atoms with van der Waals surface area (Å²) in [7, 11) is 0. The molecule has 0 fully saturated rings. The molecule has 0 radical (unpaired) electrons. The molecule has 1 amide bonds. The SMILES string of the molecule is CCCCCCCCCCCCCCC/C=C\C/C=C\CCCCCCCCCCCCCCCCCC(O)CC(=O)NC(CO)C(O)/C=C/CCCCCCCCCCCCCCCCCCC. The average molecular weight is 971 g/mol. The smallest absolute Gasteiger partial charge is 0.222 e. The van der Waals surface area contributed by atoms with Gasteiger partial charge in [-0.1, -0.05) is 320 Å². The third-order valence-corrected chi connectivity index (χ3v) is 14.7. The van der Waals surface area contributed by atoms with Crippen molar-refractivity contribution in [2.45, 2.75) is 360 Å². The highest BCUT2D eigenvalue weighted by atomic mass is 16.3. The molecule has 0 aliphatic carbocycles. The zero-order chi connectivity index (χ0) is 50.0. The normalized spacial score (nSPS) is 13.4. The molecule has 0 saturated carbocycles. The Hall–Kier alpha value is -1.43. The molecule has 69 heavy (non-hydrogen) atoms. The summed E-state index contributed by atoms with van der Waals surface area (Å²) < 4.78 is 0. The van der Waals surface area contributed by atoms with E-state index in [4.69, 9.17) is 0 Å². The van der Waals surface area contributed by atoms with Gasteiger partial charge in [-0.05, 0) is 51.4 Å². The van der Waals surface area contributed by atoms with Gasteiger partial charge in [0.1, 0.15) is 0 Å². The van der Waals surface area contributed by atoms with E-state index < -0.39 is 18.2 Å². The summed E-state index contributed by atoms with van der Waals surface area (Å²) in [6, 6.07) is -0.745. The van der Waals surface area contributed by atoms with Gasteiger partial charge in [0.05, 0.1) is 31.3 Å². The van der Waals surface area contributed by atoms with E-state index in [1.807, 2.05) is 6.08 Å². The summed E-state index contributed by atoms with van der Waals surface area (Å²) in [5, 5.41) is 33.5. The molecule has 3 atom stereocenters. The number of hydrogen-bond donors (Lipinski definition) is 4. The second kappa shape index (κ2) is 59.1. The van der Waals surface area contributed by atoms with Crippen LogP contribution in [0.15, 0.2) is 36.5 Å². The highest BCUT2D eigenvalue weighted by Crippen LogP contribution is 2.18. The molecule has 4 N–H and O–H groups in total. The first kappa shape index (κ1) is 67.6. The third-order valence-electron chi connectivity index (χ3n) is 14.7. The predicted molar refractivity (Wildman–Crippen MR) is 305 cm³/mol. The van der Waals surface area contributed by atoms with Crippen LogP contribution in [0.4, 0.5) is 0 Å². The minimum absolute atomic E-state index is 0.0155. The topological polar surface area (TPSA) is 89.8 Å². The van der Waals surface area contributed by atoms with Gasteiger partial charge in [0.2, 0.25) is 5.91 Å². The van der Waals surface area contributed by atoms with Crippen molar-refractivity contribution < 1.29 is 20.1 Å². The van der Waals surface area contributed by atoms with Crippen LogP contribution in [0.1, 0.15) is 341 Å². The molecule has 0 spiro atoms. The molecule has 5 nitrogen and oxygen atoms in total. The number of rotatable bonds is 58. The molecular weight excluding hydrogens is 847 g/mol. The molecule has 408 valence electrons. The van der Waals surface area contributed by atoms with Crippen LogP contribution >= 0.6 is 0 Å². The number of nitrogens with one attached hydrogen (secondary N) is 1. The van der Waals surface area contributed by atoms with Crippen LogP contribution in [-0.4, -0.2) is 46.1 Å². The number of unbranched alkanes of at least 4 members (excludes halogenated alkanes) is 45. The largest absolute Gasteiger partial charge is 0.394 e. The number of carbonyl (C=O) groups excluding carboxylic acids is 1. The second-order valence-corrected chi connectivity index (χ2v) is 21.7. The van der Waals surface area contributed by atoms with Gasteiger partial charge in [0.25, 0.3) is 0 Å². The molecule has 0 heterocycles. The summed E-state index contributed by atoms with van der Waals surface area (Å²) in [6.45, 7) is 4.25. The number of allylic oxidation sites excluding steroid dienone is 5. The van der Waals surface area contributed by atoms with E-state index in [1.54, 1.807) is 6.08 Å². The highest BCUT2D eigenvalue weighted by Gasteiger charge is 2.20. The molecule has 3 unspecified atom stereocenters. The average Bonchev–Trinajstić information content (AvgIpc) is 3.35. The molecule has 0 saturated heterocycles. The van der Waals surface area contributed by atoms with E-state index in [2.05, 4.69) is 43.5 Å². The number of hydrogen-bond acceptors (Lipinski definition) is 4. The van der Waals surface area contributed by atoms with E-state index in [0.29, 0.717) is 6.42 Å². The van der Waals surface area contributed by atoms with Crippen LogP contribution < -0.4 is 5.32 Å². The van der Waals surface area contributed by atoms with Crippen molar-refractivity contribution in [2.75, 3.05) is 6.61 Å². The van der Waals surface area contributed by atoms with Gasteiger partial charge >= 0.3 is 0 Å². The van der Waals surface area contributed by atoms with Gasteiger partial charge in [0.15, 0.2) is 0 Å².